The van der Waals surface area contributed by atoms with Crippen LogP contribution in [0.5, 0.6) is 5.75 Å². The van der Waals surface area contributed by atoms with E-state index in [1.807, 2.05) is 36.4 Å². The number of nitrogens with two attached hydrogens (primary N) is 1. The lowest BCUT2D eigenvalue weighted by Crippen LogP contribution is -2.24. The highest BCUT2D eigenvalue weighted by molar-refractivity contribution is 7.80. The smallest absolute Gasteiger partial charge is 0.184 e. The van der Waals surface area contributed by atoms with E-state index in [1.165, 1.54) is 0 Å². The summed E-state index contributed by atoms with van der Waals surface area (Å²) < 4.78 is 8.31. The second-order valence-corrected chi connectivity index (χ2v) is 6.79. The minimum atomic E-state index is 0.143. The van der Waals surface area contributed by atoms with E-state index in [9.17, 15) is 0 Å². The Morgan fingerprint density at radius 2 is 2.00 bits per heavy atom. The highest BCUT2D eigenvalue weighted by Crippen LogP contribution is 2.25. The summed E-state index contributed by atoms with van der Waals surface area (Å²) in [4.78, 5) is 0. The summed E-state index contributed by atoms with van der Waals surface area (Å²) in [5.41, 5.74) is 12.5. The molecule has 0 aliphatic heterocycles. The Kier molecular flexibility index (Phi) is 6.45. The van der Waals surface area contributed by atoms with Crippen LogP contribution >= 0.6 is 12.2 Å². The maximum atomic E-state index is 6.07. The zero-order valence-electron chi connectivity index (χ0n) is 15.9. The van der Waals surface area contributed by atoms with Gasteiger partial charge >= 0.3 is 0 Å². The molecule has 5 nitrogen and oxygen atoms in total. The Labute approximate surface area is 170 Å². The number of allylic oxidation sites excluding steroid dienone is 1. The number of nitrogens with one attached hydrogen (secondary N) is 1. The van der Waals surface area contributed by atoms with Crippen molar-refractivity contribution >= 4 is 34.4 Å². The molecule has 0 radical (unpaired) electrons. The number of hydrogen-bond donors (Lipinski definition) is 2. The Morgan fingerprint density at radius 3 is 2.79 bits per heavy atom. The molecule has 28 heavy (non-hydrogen) atoms. The zero-order chi connectivity index (χ0) is 19.9. The lowest BCUT2D eigenvalue weighted by Gasteiger charge is -2.13. The molecule has 2 aromatic carbocycles. The number of rotatable bonds is 8. The SMILES string of the molecule is C=CCc1ccccc1OCCn1c(C)c(/C=N\NC(N)=S)c2ccccc21. The third-order valence-corrected chi connectivity index (χ3v) is 4.65. The van der Waals surface area contributed by atoms with Gasteiger partial charge in [-0.2, -0.15) is 5.10 Å². The van der Waals surface area contributed by atoms with Gasteiger partial charge in [0.2, 0.25) is 0 Å². The van der Waals surface area contributed by atoms with Crippen LogP contribution in [0.4, 0.5) is 0 Å². The van der Waals surface area contributed by atoms with E-state index < -0.39 is 0 Å². The summed E-state index contributed by atoms with van der Waals surface area (Å²) in [6, 6.07) is 16.3. The molecule has 3 N–H and O–H groups in total. The first-order chi connectivity index (χ1) is 13.6. The molecule has 0 spiro atoms. The third kappa shape index (κ3) is 4.40. The molecule has 0 bridgehead atoms. The summed E-state index contributed by atoms with van der Waals surface area (Å²) >= 11 is 4.80. The number of thiocarbonyl (C=S) groups is 1. The van der Waals surface area contributed by atoms with Crippen LogP contribution in [-0.4, -0.2) is 22.5 Å². The molecule has 0 saturated heterocycles. The first kappa shape index (κ1) is 19.6. The fourth-order valence-corrected chi connectivity index (χ4v) is 3.34. The van der Waals surface area contributed by atoms with Crippen molar-refractivity contribution in [3.05, 3.63) is 78.0 Å². The summed E-state index contributed by atoms with van der Waals surface area (Å²) in [5, 5.41) is 5.40. The Morgan fingerprint density at radius 1 is 1.25 bits per heavy atom. The highest BCUT2D eigenvalue weighted by Gasteiger charge is 2.12. The van der Waals surface area contributed by atoms with Crippen LogP contribution in [0.25, 0.3) is 10.9 Å². The predicted octanol–water partition coefficient (Wildman–Crippen LogP) is 3.92. The minimum Gasteiger partial charge on any atom is -0.491 e. The second kappa shape index (κ2) is 9.19. The molecule has 3 aromatic rings. The van der Waals surface area contributed by atoms with Crippen molar-refractivity contribution in [2.45, 2.75) is 19.9 Å². The van der Waals surface area contributed by atoms with Gasteiger partial charge in [-0.05, 0) is 43.3 Å². The zero-order valence-corrected chi connectivity index (χ0v) is 16.7. The first-order valence-corrected chi connectivity index (χ1v) is 9.50. The van der Waals surface area contributed by atoms with E-state index in [1.54, 1.807) is 6.21 Å². The lowest BCUT2D eigenvalue weighted by atomic mass is 10.1. The van der Waals surface area contributed by atoms with Gasteiger partial charge < -0.3 is 15.0 Å². The normalized spacial score (nSPS) is 11.0. The van der Waals surface area contributed by atoms with Crippen LogP contribution in [0.3, 0.4) is 0 Å². The van der Waals surface area contributed by atoms with Crippen molar-refractivity contribution in [1.82, 2.24) is 9.99 Å². The number of fused-ring (bicyclic) bond motifs is 1. The van der Waals surface area contributed by atoms with Gasteiger partial charge in [0.05, 0.1) is 12.8 Å². The maximum absolute atomic E-state index is 6.07. The standard InChI is InChI=1S/C22H24N4OS/c1-3-8-17-9-4-7-12-21(17)27-14-13-26-16(2)19(15-24-25-22(23)28)18-10-5-6-11-20(18)26/h3-7,9-12,15H,1,8,13-14H2,2H3,(H3,23,25,28)/b24-15-. The fourth-order valence-electron chi connectivity index (χ4n) is 3.28. The topological polar surface area (TPSA) is 64.6 Å². The van der Waals surface area contributed by atoms with Gasteiger partial charge in [-0.3, -0.25) is 5.43 Å². The molecule has 0 amide bonds. The highest BCUT2D eigenvalue weighted by atomic mass is 32.1. The van der Waals surface area contributed by atoms with Crippen molar-refractivity contribution < 1.29 is 4.74 Å². The Hall–Kier alpha value is -3.12. The van der Waals surface area contributed by atoms with Crippen molar-refractivity contribution in [3.63, 3.8) is 0 Å². The van der Waals surface area contributed by atoms with Gasteiger partial charge in [-0.15, -0.1) is 6.58 Å². The van der Waals surface area contributed by atoms with E-state index in [0.29, 0.717) is 6.61 Å². The molecule has 0 atom stereocenters. The van der Waals surface area contributed by atoms with E-state index in [4.69, 9.17) is 22.7 Å². The second-order valence-electron chi connectivity index (χ2n) is 6.35. The van der Waals surface area contributed by atoms with Gasteiger partial charge in [0, 0.05) is 22.2 Å². The van der Waals surface area contributed by atoms with E-state index >= 15 is 0 Å². The largest absolute Gasteiger partial charge is 0.491 e. The number of para-hydroxylation sites is 2. The first-order valence-electron chi connectivity index (χ1n) is 9.09. The number of ether oxygens (including phenoxy) is 1. The van der Waals surface area contributed by atoms with Crippen molar-refractivity contribution in [2.24, 2.45) is 10.8 Å². The van der Waals surface area contributed by atoms with Crippen molar-refractivity contribution in [2.75, 3.05) is 6.61 Å². The monoisotopic (exact) mass is 392 g/mol. The molecule has 144 valence electrons. The molecule has 0 fully saturated rings. The lowest BCUT2D eigenvalue weighted by molar-refractivity contribution is 0.297. The molecule has 0 aliphatic rings. The van der Waals surface area contributed by atoms with E-state index in [2.05, 4.69) is 46.8 Å². The molecule has 0 saturated carbocycles. The molecule has 0 unspecified atom stereocenters. The molecule has 6 heteroatoms. The molecular formula is C22H24N4OS. The van der Waals surface area contributed by atoms with Crippen molar-refractivity contribution in [3.8, 4) is 5.75 Å². The van der Waals surface area contributed by atoms with Gasteiger partial charge in [0.25, 0.3) is 0 Å². The van der Waals surface area contributed by atoms with Crippen molar-refractivity contribution in [1.29, 1.82) is 0 Å². The fraction of sp³-hybridized carbons (Fsp3) is 0.182. The molecule has 1 aromatic heterocycles. The Balaban J connectivity index is 1.82. The van der Waals surface area contributed by atoms with Crippen LogP contribution in [0.15, 0.2) is 66.3 Å². The summed E-state index contributed by atoms with van der Waals surface area (Å²) in [5.74, 6) is 0.902. The van der Waals surface area contributed by atoms with Crippen LogP contribution in [0.2, 0.25) is 0 Å². The maximum Gasteiger partial charge on any atom is 0.184 e. The van der Waals surface area contributed by atoms with E-state index in [-0.39, 0.29) is 5.11 Å². The molecule has 1 heterocycles. The quantitative estimate of drug-likeness (QED) is 0.264. The van der Waals surface area contributed by atoms with Crippen LogP contribution in [0, 0.1) is 6.92 Å². The predicted molar refractivity (Wildman–Crippen MR) is 120 cm³/mol. The minimum absolute atomic E-state index is 0.143. The summed E-state index contributed by atoms with van der Waals surface area (Å²) in [6.07, 6.45) is 4.43. The van der Waals surface area contributed by atoms with E-state index in [0.717, 1.165) is 46.4 Å². The summed E-state index contributed by atoms with van der Waals surface area (Å²) in [7, 11) is 0. The number of aromatic nitrogens is 1. The van der Waals surface area contributed by atoms with Crippen LogP contribution in [0.1, 0.15) is 16.8 Å². The number of hydrogen-bond acceptors (Lipinski definition) is 3. The summed E-state index contributed by atoms with van der Waals surface area (Å²) in [6.45, 7) is 7.19. The average Bonchev–Trinajstić information content (AvgIpc) is 2.95. The van der Waals surface area contributed by atoms with Gasteiger partial charge in [-0.25, -0.2) is 0 Å². The van der Waals surface area contributed by atoms with Gasteiger partial charge in [0.1, 0.15) is 12.4 Å². The van der Waals surface area contributed by atoms with Gasteiger partial charge in [0.15, 0.2) is 5.11 Å². The third-order valence-electron chi connectivity index (χ3n) is 4.56. The van der Waals surface area contributed by atoms with Crippen LogP contribution < -0.4 is 15.9 Å². The number of benzene rings is 2. The molecule has 3 rings (SSSR count). The Bertz CT molecular complexity index is 1020. The average molecular weight is 393 g/mol. The number of nitrogens with zero attached hydrogens (tertiary/aromatic N) is 2. The number of hydrazone groups is 1. The molecular weight excluding hydrogens is 368 g/mol. The van der Waals surface area contributed by atoms with Crippen LogP contribution in [-0.2, 0) is 13.0 Å². The van der Waals surface area contributed by atoms with Gasteiger partial charge in [-0.1, -0.05) is 42.5 Å². The molecule has 0 aliphatic carbocycles.